The molecule has 2 heterocycles. The predicted molar refractivity (Wildman–Crippen MR) is 101 cm³/mol. The van der Waals surface area contributed by atoms with Crippen LogP contribution in [0.4, 0.5) is 0 Å². The van der Waals surface area contributed by atoms with Gasteiger partial charge in [0.15, 0.2) is 0 Å². The van der Waals surface area contributed by atoms with Crippen LogP contribution < -0.4 is 9.47 Å². The van der Waals surface area contributed by atoms with E-state index in [1.54, 1.807) is 23.1 Å². The number of allylic oxidation sites excluding steroid dienone is 1. The van der Waals surface area contributed by atoms with Crippen molar-refractivity contribution >= 4 is 21.8 Å². The molecule has 0 unspecified atom stereocenters. The van der Waals surface area contributed by atoms with Crippen LogP contribution in [0, 0.1) is 0 Å². The summed E-state index contributed by atoms with van der Waals surface area (Å²) in [5.74, 6) is 0.660. The number of likely N-dealkylation sites (tertiary alicyclic amines) is 1. The minimum Gasteiger partial charge on any atom is -0.497 e. The molecule has 8 nitrogen and oxygen atoms in total. The monoisotopic (exact) mass is 393 g/mol. The molecule has 0 spiro atoms. The van der Waals surface area contributed by atoms with Crippen molar-refractivity contribution < 1.29 is 22.7 Å². The molecule has 0 aliphatic carbocycles. The van der Waals surface area contributed by atoms with E-state index in [4.69, 9.17) is 9.47 Å². The number of benzene rings is 1. The molecule has 1 saturated heterocycles. The van der Waals surface area contributed by atoms with Gasteiger partial charge in [0, 0.05) is 25.7 Å². The molecule has 0 N–H and O–H groups in total. The van der Waals surface area contributed by atoms with Crippen molar-refractivity contribution in [1.29, 1.82) is 0 Å². The zero-order chi connectivity index (χ0) is 19.6. The van der Waals surface area contributed by atoms with Crippen LogP contribution in [0.2, 0.25) is 0 Å². The largest absolute Gasteiger partial charge is 0.497 e. The van der Waals surface area contributed by atoms with Gasteiger partial charge in [-0.3, -0.25) is 4.79 Å². The normalized spacial score (nSPS) is 19.2. The Morgan fingerprint density at radius 2 is 1.81 bits per heavy atom. The van der Waals surface area contributed by atoms with Gasteiger partial charge in [-0.05, 0) is 43.5 Å². The Labute approximate surface area is 159 Å². The third kappa shape index (κ3) is 3.78. The highest BCUT2D eigenvalue weighted by molar-refractivity contribution is 7.88. The second-order valence-corrected chi connectivity index (χ2v) is 8.00. The van der Waals surface area contributed by atoms with Gasteiger partial charge < -0.3 is 14.4 Å². The van der Waals surface area contributed by atoms with Crippen LogP contribution in [0.5, 0.6) is 11.5 Å². The second kappa shape index (κ2) is 7.59. The van der Waals surface area contributed by atoms with Crippen molar-refractivity contribution in [2.75, 3.05) is 34.4 Å². The van der Waals surface area contributed by atoms with Gasteiger partial charge in [-0.15, -0.1) is 4.40 Å². The average molecular weight is 393 g/mol. The standard InChI is InChI=1S/C18H23N3O5S/c1-20-16(18(22)21-9-5-4-6-10-21)12-15(19-27(20,23)24)14-11-13(25-2)7-8-17(14)26-3/h7-8,11-12H,4-6,9-10H2,1-3H3. The van der Waals surface area contributed by atoms with Crippen molar-refractivity contribution in [2.45, 2.75) is 19.3 Å². The number of carbonyl (C=O) groups excluding carboxylic acids is 1. The lowest BCUT2D eigenvalue weighted by Gasteiger charge is -2.31. The Kier molecular flexibility index (Phi) is 5.41. The molecule has 1 aromatic carbocycles. The van der Waals surface area contributed by atoms with E-state index in [1.807, 2.05) is 0 Å². The fourth-order valence-corrected chi connectivity index (χ4v) is 4.05. The summed E-state index contributed by atoms with van der Waals surface area (Å²) in [4.78, 5) is 14.6. The highest BCUT2D eigenvalue weighted by Crippen LogP contribution is 2.29. The molecule has 0 bridgehead atoms. The second-order valence-electron chi connectivity index (χ2n) is 6.37. The first-order valence-electron chi connectivity index (χ1n) is 8.69. The molecular formula is C18H23N3O5S. The van der Waals surface area contributed by atoms with E-state index in [0.29, 0.717) is 30.2 Å². The zero-order valence-electron chi connectivity index (χ0n) is 15.6. The molecule has 1 aromatic rings. The summed E-state index contributed by atoms with van der Waals surface area (Å²) < 4.78 is 40.5. The molecule has 2 aliphatic rings. The smallest absolute Gasteiger partial charge is 0.345 e. The van der Waals surface area contributed by atoms with Crippen LogP contribution in [0.25, 0.3) is 0 Å². The highest BCUT2D eigenvalue weighted by Gasteiger charge is 2.33. The van der Waals surface area contributed by atoms with Gasteiger partial charge in [0.1, 0.15) is 17.2 Å². The minimum atomic E-state index is -4.03. The Balaban J connectivity index is 2.07. The molecule has 9 heteroatoms. The summed E-state index contributed by atoms with van der Waals surface area (Å²) in [6, 6.07) is 5.01. The third-order valence-corrected chi connectivity index (χ3v) is 6.03. The summed E-state index contributed by atoms with van der Waals surface area (Å²) in [5, 5.41) is 0. The molecule has 0 aromatic heterocycles. The van der Waals surface area contributed by atoms with Crippen LogP contribution in [-0.4, -0.2) is 63.6 Å². The lowest BCUT2D eigenvalue weighted by molar-refractivity contribution is -0.129. The summed E-state index contributed by atoms with van der Waals surface area (Å²) >= 11 is 0. The molecule has 0 saturated carbocycles. The Bertz CT molecular complexity index is 902. The number of rotatable bonds is 4. The molecule has 0 atom stereocenters. The van der Waals surface area contributed by atoms with Crippen LogP contribution in [-0.2, 0) is 15.0 Å². The van der Waals surface area contributed by atoms with Crippen molar-refractivity contribution in [1.82, 2.24) is 9.21 Å². The molecule has 0 radical (unpaired) electrons. The summed E-state index contributed by atoms with van der Waals surface area (Å²) in [5.41, 5.74) is 0.661. The Morgan fingerprint density at radius 1 is 1.11 bits per heavy atom. The van der Waals surface area contributed by atoms with E-state index >= 15 is 0 Å². The average Bonchev–Trinajstić information content (AvgIpc) is 2.69. The molecule has 1 amide bonds. The Morgan fingerprint density at radius 3 is 2.44 bits per heavy atom. The lowest BCUT2D eigenvalue weighted by atomic mass is 10.1. The van der Waals surface area contributed by atoms with Crippen molar-refractivity contribution in [3.05, 3.63) is 35.5 Å². The summed E-state index contributed by atoms with van der Waals surface area (Å²) in [6.45, 7) is 1.25. The van der Waals surface area contributed by atoms with Crippen molar-refractivity contribution in [3.8, 4) is 11.5 Å². The van der Waals surface area contributed by atoms with E-state index in [-0.39, 0.29) is 17.3 Å². The number of piperidine rings is 1. The van der Waals surface area contributed by atoms with Crippen molar-refractivity contribution in [3.63, 3.8) is 0 Å². The van der Waals surface area contributed by atoms with Crippen LogP contribution in [0.3, 0.4) is 0 Å². The number of hydrogen-bond donors (Lipinski definition) is 0. The number of ether oxygens (including phenoxy) is 2. The topological polar surface area (TPSA) is 88.5 Å². The molecule has 1 fully saturated rings. The first-order valence-corrected chi connectivity index (χ1v) is 10.1. The third-order valence-electron chi connectivity index (χ3n) is 4.72. The maximum Gasteiger partial charge on any atom is 0.345 e. The first kappa shape index (κ1) is 19.2. The van der Waals surface area contributed by atoms with E-state index in [1.165, 1.54) is 27.3 Å². The van der Waals surface area contributed by atoms with Crippen LogP contribution in [0.15, 0.2) is 34.4 Å². The van der Waals surface area contributed by atoms with Gasteiger partial charge in [0.2, 0.25) is 0 Å². The fourth-order valence-electron chi connectivity index (χ4n) is 3.15. The number of hydrogen-bond acceptors (Lipinski definition) is 5. The van der Waals surface area contributed by atoms with E-state index in [9.17, 15) is 13.2 Å². The number of nitrogens with zero attached hydrogens (tertiary/aromatic N) is 3. The minimum absolute atomic E-state index is 0.0757. The van der Waals surface area contributed by atoms with E-state index in [0.717, 1.165) is 23.6 Å². The van der Waals surface area contributed by atoms with Gasteiger partial charge in [-0.2, -0.15) is 8.42 Å². The van der Waals surface area contributed by atoms with Crippen molar-refractivity contribution in [2.24, 2.45) is 4.40 Å². The SMILES string of the molecule is COc1ccc(OC)c(C2=NS(=O)(=O)N(C)C(C(=O)N3CCCCC3)=C2)c1. The molecule has 146 valence electrons. The summed E-state index contributed by atoms with van der Waals surface area (Å²) in [7, 11) is 0.311. The first-order chi connectivity index (χ1) is 12.9. The molecule has 2 aliphatic heterocycles. The maximum absolute atomic E-state index is 12.9. The maximum atomic E-state index is 12.9. The van der Waals surface area contributed by atoms with Crippen LogP contribution >= 0.6 is 0 Å². The number of amides is 1. The zero-order valence-corrected chi connectivity index (χ0v) is 16.5. The van der Waals surface area contributed by atoms with E-state index in [2.05, 4.69) is 4.40 Å². The number of carbonyl (C=O) groups is 1. The number of methoxy groups -OCH3 is 2. The van der Waals surface area contributed by atoms with Gasteiger partial charge in [0.05, 0.1) is 19.9 Å². The van der Waals surface area contributed by atoms with Gasteiger partial charge in [0.25, 0.3) is 5.91 Å². The highest BCUT2D eigenvalue weighted by atomic mass is 32.2. The van der Waals surface area contributed by atoms with Gasteiger partial charge in [-0.1, -0.05) is 0 Å². The fraction of sp³-hybridized carbons (Fsp3) is 0.444. The lowest BCUT2D eigenvalue weighted by Crippen LogP contribution is -2.43. The molecule has 3 rings (SSSR count). The van der Waals surface area contributed by atoms with E-state index < -0.39 is 10.2 Å². The molecule has 27 heavy (non-hydrogen) atoms. The van der Waals surface area contributed by atoms with Gasteiger partial charge >= 0.3 is 10.2 Å². The Hall–Kier alpha value is -2.55. The summed E-state index contributed by atoms with van der Waals surface area (Å²) in [6.07, 6.45) is 4.40. The molecular weight excluding hydrogens is 370 g/mol. The quantitative estimate of drug-likeness (QED) is 0.775. The predicted octanol–water partition coefficient (Wildman–Crippen LogP) is 1.58. The van der Waals surface area contributed by atoms with Crippen LogP contribution in [0.1, 0.15) is 24.8 Å². The van der Waals surface area contributed by atoms with Gasteiger partial charge in [-0.25, -0.2) is 4.31 Å². The number of likely N-dealkylation sites (N-methyl/N-ethyl adjacent to an activating group) is 1.